The van der Waals surface area contributed by atoms with Gasteiger partial charge in [-0.05, 0) is 49.6 Å². The summed E-state index contributed by atoms with van der Waals surface area (Å²) in [7, 11) is 0. The summed E-state index contributed by atoms with van der Waals surface area (Å²) in [4.78, 5) is 13.0. The van der Waals surface area contributed by atoms with Crippen LogP contribution in [-0.4, -0.2) is 22.2 Å². The fourth-order valence-electron chi connectivity index (χ4n) is 1.90. The molecule has 118 valence electrons. The van der Waals surface area contributed by atoms with Crippen LogP contribution in [-0.2, 0) is 0 Å². The summed E-state index contributed by atoms with van der Waals surface area (Å²) in [5.74, 6) is 0.785. The highest BCUT2D eigenvalue weighted by molar-refractivity contribution is 7.13. The first kappa shape index (κ1) is 15.2. The number of carbonyl (C=O) groups excluding carboxylic acids is 1. The minimum absolute atomic E-state index is 0.0703. The Bertz CT molecular complexity index is 779. The Morgan fingerprint density at radius 3 is 2.65 bits per heavy atom. The third-order valence-corrected chi connectivity index (χ3v) is 3.72. The van der Waals surface area contributed by atoms with Crippen LogP contribution >= 0.6 is 11.3 Å². The van der Waals surface area contributed by atoms with E-state index in [9.17, 15) is 4.79 Å². The van der Waals surface area contributed by atoms with Gasteiger partial charge in [-0.2, -0.15) is 0 Å². The SMILES string of the molecule is CC(C)Oc1ccc(C(=O)Nc2nnc(-c3cccs3)o2)cc1. The number of rotatable bonds is 5. The lowest BCUT2D eigenvalue weighted by atomic mass is 10.2. The standard InChI is InChI=1S/C16H15N3O3S/c1-10(2)21-12-7-5-11(6-8-12)14(20)17-16-19-18-15(22-16)13-4-3-9-23-13/h3-10H,1-2H3,(H,17,19,20). The Morgan fingerprint density at radius 2 is 2.00 bits per heavy atom. The summed E-state index contributed by atoms with van der Waals surface area (Å²) < 4.78 is 11.0. The molecule has 0 radical (unpaired) electrons. The van der Waals surface area contributed by atoms with E-state index in [0.717, 1.165) is 4.88 Å². The first-order chi connectivity index (χ1) is 11.1. The van der Waals surface area contributed by atoms with E-state index in [4.69, 9.17) is 9.15 Å². The number of hydrogen-bond acceptors (Lipinski definition) is 6. The molecule has 6 nitrogen and oxygen atoms in total. The number of amides is 1. The van der Waals surface area contributed by atoms with Crippen LogP contribution in [0.4, 0.5) is 6.01 Å². The van der Waals surface area contributed by atoms with Crippen LogP contribution in [0, 0.1) is 0 Å². The van der Waals surface area contributed by atoms with Gasteiger partial charge in [-0.3, -0.25) is 10.1 Å². The van der Waals surface area contributed by atoms with Crippen molar-refractivity contribution in [1.29, 1.82) is 0 Å². The number of aromatic nitrogens is 2. The fourth-order valence-corrected chi connectivity index (χ4v) is 2.54. The van der Waals surface area contributed by atoms with E-state index in [2.05, 4.69) is 15.5 Å². The zero-order valence-electron chi connectivity index (χ0n) is 12.6. The minimum Gasteiger partial charge on any atom is -0.491 e. The van der Waals surface area contributed by atoms with Crippen LogP contribution in [0.2, 0.25) is 0 Å². The van der Waals surface area contributed by atoms with E-state index in [0.29, 0.717) is 17.2 Å². The maximum Gasteiger partial charge on any atom is 0.322 e. The maximum atomic E-state index is 12.2. The normalized spacial score (nSPS) is 10.7. The second kappa shape index (κ2) is 6.62. The van der Waals surface area contributed by atoms with Gasteiger partial charge in [0.1, 0.15) is 5.75 Å². The van der Waals surface area contributed by atoms with E-state index in [1.165, 1.54) is 11.3 Å². The van der Waals surface area contributed by atoms with Gasteiger partial charge in [-0.1, -0.05) is 11.2 Å². The molecule has 1 amide bonds. The topological polar surface area (TPSA) is 77.2 Å². The van der Waals surface area contributed by atoms with Crippen molar-refractivity contribution in [3.63, 3.8) is 0 Å². The summed E-state index contributed by atoms with van der Waals surface area (Å²) >= 11 is 1.49. The molecule has 0 bridgehead atoms. The lowest BCUT2D eigenvalue weighted by Gasteiger charge is -2.09. The van der Waals surface area contributed by atoms with Gasteiger partial charge in [0.05, 0.1) is 11.0 Å². The number of ether oxygens (including phenoxy) is 1. The van der Waals surface area contributed by atoms with Gasteiger partial charge >= 0.3 is 6.01 Å². The third kappa shape index (κ3) is 3.75. The van der Waals surface area contributed by atoms with Crippen LogP contribution in [0.25, 0.3) is 10.8 Å². The second-order valence-corrected chi connectivity index (χ2v) is 5.98. The highest BCUT2D eigenvalue weighted by Gasteiger charge is 2.13. The van der Waals surface area contributed by atoms with Gasteiger partial charge in [0, 0.05) is 5.56 Å². The number of hydrogen-bond donors (Lipinski definition) is 1. The van der Waals surface area contributed by atoms with E-state index in [1.807, 2.05) is 31.4 Å². The van der Waals surface area contributed by atoms with Crippen LogP contribution in [0.15, 0.2) is 46.2 Å². The molecule has 0 saturated heterocycles. The number of anilines is 1. The highest BCUT2D eigenvalue weighted by atomic mass is 32.1. The maximum absolute atomic E-state index is 12.2. The molecule has 1 N–H and O–H groups in total. The molecule has 0 saturated carbocycles. The quantitative estimate of drug-likeness (QED) is 0.769. The zero-order valence-corrected chi connectivity index (χ0v) is 13.5. The van der Waals surface area contributed by atoms with Gasteiger partial charge in [-0.25, -0.2) is 0 Å². The average Bonchev–Trinajstić information content (AvgIpc) is 3.18. The zero-order chi connectivity index (χ0) is 16.2. The molecule has 3 rings (SSSR count). The molecule has 23 heavy (non-hydrogen) atoms. The van der Waals surface area contributed by atoms with Crippen molar-refractivity contribution in [3.05, 3.63) is 47.3 Å². The van der Waals surface area contributed by atoms with Gasteiger partial charge in [-0.15, -0.1) is 16.4 Å². The first-order valence-electron chi connectivity index (χ1n) is 7.07. The van der Waals surface area contributed by atoms with Gasteiger partial charge in [0.2, 0.25) is 0 Å². The Kier molecular flexibility index (Phi) is 4.38. The molecular formula is C16H15N3O3S. The summed E-state index contributed by atoms with van der Waals surface area (Å²) in [5, 5.41) is 12.2. The van der Waals surface area contributed by atoms with Gasteiger partial charge < -0.3 is 9.15 Å². The minimum atomic E-state index is -0.317. The smallest absolute Gasteiger partial charge is 0.322 e. The fraction of sp³-hybridized carbons (Fsp3) is 0.188. The Morgan fingerprint density at radius 1 is 1.22 bits per heavy atom. The summed E-state index contributed by atoms with van der Waals surface area (Å²) in [6, 6.07) is 10.7. The molecule has 0 fully saturated rings. The van der Waals surface area contributed by atoms with Crippen LogP contribution in [0.3, 0.4) is 0 Å². The molecule has 0 aliphatic rings. The molecule has 2 aromatic heterocycles. The lowest BCUT2D eigenvalue weighted by Crippen LogP contribution is -2.12. The molecular weight excluding hydrogens is 314 g/mol. The molecule has 1 aromatic carbocycles. The number of benzene rings is 1. The second-order valence-electron chi connectivity index (χ2n) is 5.03. The molecule has 0 spiro atoms. The van der Waals surface area contributed by atoms with Crippen LogP contribution in [0.1, 0.15) is 24.2 Å². The van der Waals surface area contributed by atoms with Crippen molar-refractivity contribution >= 4 is 23.3 Å². The molecule has 0 unspecified atom stereocenters. The van der Waals surface area contributed by atoms with Crippen molar-refractivity contribution in [3.8, 4) is 16.5 Å². The number of thiophene rings is 1. The van der Waals surface area contributed by atoms with Crippen LogP contribution in [0.5, 0.6) is 5.75 Å². The van der Waals surface area contributed by atoms with E-state index in [-0.39, 0.29) is 18.0 Å². The molecule has 0 aliphatic heterocycles. The van der Waals surface area contributed by atoms with Crippen LogP contribution < -0.4 is 10.1 Å². The largest absolute Gasteiger partial charge is 0.491 e. The molecule has 3 aromatic rings. The third-order valence-electron chi connectivity index (χ3n) is 2.87. The predicted molar refractivity (Wildman–Crippen MR) is 87.8 cm³/mol. The molecule has 2 heterocycles. The number of nitrogens with one attached hydrogen (secondary N) is 1. The van der Waals surface area contributed by atoms with Crippen molar-refractivity contribution < 1.29 is 13.9 Å². The summed E-state index contributed by atoms with van der Waals surface area (Å²) in [5.41, 5.74) is 0.483. The first-order valence-corrected chi connectivity index (χ1v) is 7.95. The predicted octanol–water partition coefficient (Wildman–Crippen LogP) is 3.84. The van der Waals surface area contributed by atoms with Crippen molar-refractivity contribution in [2.75, 3.05) is 5.32 Å². The highest BCUT2D eigenvalue weighted by Crippen LogP contribution is 2.24. The summed E-state index contributed by atoms with van der Waals surface area (Å²) in [6.07, 6.45) is 0.0868. The van der Waals surface area contributed by atoms with Crippen molar-refractivity contribution in [2.24, 2.45) is 0 Å². The number of nitrogens with zero attached hydrogens (tertiary/aromatic N) is 2. The van der Waals surface area contributed by atoms with E-state index >= 15 is 0 Å². The van der Waals surface area contributed by atoms with Crippen molar-refractivity contribution in [1.82, 2.24) is 10.2 Å². The lowest BCUT2D eigenvalue weighted by molar-refractivity contribution is 0.102. The van der Waals surface area contributed by atoms with E-state index in [1.54, 1.807) is 24.3 Å². The Balaban J connectivity index is 1.67. The van der Waals surface area contributed by atoms with Gasteiger partial charge in [0.25, 0.3) is 11.8 Å². The van der Waals surface area contributed by atoms with Crippen molar-refractivity contribution in [2.45, 2.75) is 20.0 Å². The molecule has 0 aliphatic carbocycles. The molecule has 0 atom stereocenters. The average molecular weight is 329 g/mol. The summed E-state index contributed by atoms with van der Waals surface area (Å²) in [6.45, 7) is 3.89. The molecule has 7 heteroatoms. The monoisotopic (exact) mass is 329 g/mol. The Labute approximate surface area is 137 Å². The number of carbonyl (C=O) groups is 1. The van der Waals surface area contributed by atoms with E-state index < -0.39 is 0 Å². The van der Waals surface area contributed by atoms with Gasteiger partial charge in [0.15, 0.2) is 0 Å². The Hall–Kier alpha value is -2.67.